The van der Waals surface area contributed by atoms with Gasteiger partial charge in [0, 0.05) is 6.54 Å². The fraction of sp³-hybridized carbons (Fsp3) is 0.571. The first kappa shape index (κ1) is 9.89. The van der Waals surface area contributed by atoms with Crippen molar-refractivity contribution in [1.82, 2.24) is 4.90 Å². The molecule has 0 aliphatic heterocycles. The SMILES string of the molecule is C#CCN(CC)C(=O)C(F)F. The van der Waals surface area contributed by atoms with Crippen LogP contribution in [0.4, 0.5) is 8.78 Å². The van der Waals surface area contributed by atoms with Crippen molar-refractivity contribution < 1.29 is 13.6 Å². The summed E-state index contributed by atoms with van der Waals surface area (Å²) in [6, 6.07) is 0. The fourth-order valence-corrected chi connectivity index (χ4v) is 0.594. The van der Waals surface area contributed by atoms with E-state index in [1.807, 2.05) is 0 Å². The fourth-order valence-electron chi connectivity index (χ4n) is 0.594. The Hall–Kier alpha value is -1.11. The van der Waals surface area contributed by atoms with Crippen molar-refractivity contribution >= 4 is 5.91 Å². The number of halogens is 2. The van der Waals surface area contributed by atoms with Gasteiger partial charge >= 0.3 is 6.43 Å². The lowest BCUT2D eigenvalue weighted by molar-refractivity contribution is -0.141. The molecule has 0 aromatic heterocycles. The molecule has 1 amide bonds. The molecule has 0 fully saturated rings. The van der Waals surface area contributed by atoms with Crippen LogP contribution in [-0.4, -0.2) is 30.3 Å². The second-order valence-electron chi connectivity index (χ2n) is 1.86. The average Bonchev–Trinajstić information content (AvgIpc) is 1.98. The highest BCUT2D eigenvalue weighted by Gasteiger charge is 2.20. The van der Waals surface area contributed by atoms with E-state index in [1.54, 1.807) is 6.92 Å². The number of hydrogen-bond donors (Lipinski definition) is 0. The number of carbonyl (C=O) groups excluding carboxylic acids is 1. The van der Waals surface area contributed by atoms with Crippen molar-refractivity contribution in [3.05, 3.63) is 0 Å². The molecule has 0 saturated heterocycles. The minimum absolute atomic E-state index is 0.0559. The van der Waals surface area contributed by atoms with Gasteiger partial charge in [-0.3, -0.25) is 4.79 Å². The molecule has 0 saturated carbocycles. The van der Waals surface area contributed by atoms with Gasteiger partial charge in [-0.15, -0.1) is 6.42 Å². The molecule has 0 spiro atoms. The summed E-state index contributed by atoms with van der Waals surface area (Å²) in [5.41, 5.74) is 0. The number of hydrogen-bond acceptors (Lipinski definition) is 1. The standard InChI is InChI=1S/C7H9F2NO/c1-3-5-10(4-2)7(11)6(8)9/h1,6H,4-5H2,2H3. The van der Waals surface area contributed by atoms with Crippen molar-refractivity contribution in [1.29, 1.82) is 0 Å². The summed E-state index contributed by atoms with van der Waals surface area (Å²) in [6.45, 7) is 1.75. The molecule has 62 valence electrons. The van der Waals surface area contributed by atoms with Gasteiger partial charge in [-0.1, -0.05) is 5.92 Å². The Morgan fingerprint density at radius 3 is 2.55 bits per heavy atom. The predicted octanol–water partition coefficient (Wildman–Crippen LogP) is 0.733. The van der Waals surface area contributed by atoms with Crippen molar-refractivity contribution in [2.45, 2.75) is 13.3 Å². The summed E-state index contributed by atoms with van der Waals surface area (Å²) >= 11 is 0. The maximum absolute atomic E-state index is 11.7. The number of carbonyl (C=O) groups is 1. The van der Waals surface area contributed by atoms with E-state index in [9.17, 15) is 13.6 Å². The maximum atomic E-state index is 11.7. The molecule has 0 aliphatic rings. The van der Waals surface area contributed by atoms with Gasteiger partial charge in [0.25, 0.3) is 5.91 Å². The first-order chi connectivity index (χ1) is 5.13. The normalized spacial score (nSPS) is 9.36. The smallest absolute Gasteiger partial charge is 0.315 e. The Kier molecular flexibility index (Phi) is 4.20. The van der Waals surface area contributed by atoms with Crippen LogP contribution in [0.5, 0.6) is 0 Å². The van der Waals surface area contributed by atoms with Crippen molar-refractivity contribution in [3.63, 3.8) is 0 Å². The van der Waals surface area contributed by atoms with E-state index in [2.05, 4.69) is 5.92 Å². The molecule has 0 atom stereocenters. The zero-order valence-corrected chi connectivity index (χ0v) is 6.18. The van der Waals surface area contributed by atoms with Crippen molar-refractivity contribution in [3.8, 4) is 12.3 Å². The lowest BCUT2D eigenvalue weighted by Crippen LogP contribution is -2.35. The van der Waals surface area contributed by atoms with E-state index in [-0.39, 0.29) is 13.1 Å². The molecule has 0 N–H and O–H groups in total. The zero-order valence-electron chi connectivity index (χ0n) is 6.18. The molecule has 0 bridgehead atoms. The van der Waals surface area contributed by atoms with Crippen LogP contribution in [0.3, 0.4) is 0 Å². The molecule has 4 heteroatoms. The summed E-state index contributed by atoms with van der Waals surface area (Å²) in [5.74, 6) is 0.923. The van der Waals surface area contributed by atoms with E-state index in [1.165, 1.54) is 0 Å². The van der Waals surface area contributed by atoms with Crippen LogP contribution in [0.25, 0.3) is 0 Å². The summed E-state index contributed by atoms with van der Waals surface area (Å²) in [6.07, 6.45) is 1.90. The number of amides is 1. The molecule has 0 aliphatic carbocycles. The number of alkyl halides is 2. The Labute approximate surface area is 64.2 Å². The van der Waals surface area contributed by atoms with Crippen LogP contribution in [0, 0.1) is 12.3 Å². The topological polar surface area (TPSA) is 20.3 Å². The van der Waals surface area contributed by atoms with Gasteiger partial charge in [-0.05, 0) is 6.92 Å². The first-order valence-electron chi connectivity index (χ1n) is 3.13. The molecule has 0 aromatic rings. The lowest BCUT2D eigenvalue weighted by Gasteiger charge is -2.16. The third-order valence-corrected chi connectivity index (χ3v) is 1.16. The molecule has 0 unspecified atom stereocenters. The second-order valence-corrected chi connectivity index (χ2v) is 1.86. The van der Waals surface area contributed by atoms with E-state index in [0.717, 1.165) is 4.90 Å². The van der Waals surface area contributed by atoms with Crippen LogP contribution in [0.1, 0.15) is 6.92 Å². The minimum atomic E-state index is -2.96. The molecular weight excluding hydrogens is 152 g/mol. The largest absolute Gasteiger partial charge is 0.327 e. The van der Waals surface area contributed by atoms with Gasteiger partial charge in [0.2, 0.25) is 0 Å². The Morgan fingerprint density at radius 2 is 2.27 bits per heavy atom. The molecule has 2 nitrogen and oxygen atoms in total. The van der Waals surface area contributed by atoms with E-state index < -0.39 is 12.3 Å². The number of rotatable bonds is 3. The lowest BCUT2D eigenvalue weighted by atomic mass is 10.4. The molecular formula is C7H9F2NO. The molecule has 0 radical (unpaired) electrons. The van der Waals surface area contributed by atoms with Crippen LogP contribution in [-0.2, 0) is 4.79 Å². The van der Waals surface area contributed by atoms with Crippen molar-refractivity contribution in [2.24, 2.45) is 0 Å². The second kappa shape index (κ2) is 4.67. The van der Waals surface area contributed by atoms with Gasteiger partial charge in [0.15, 0.2) is 0 Å². The Morgan fingerprint density at radius 1 is 1.73 bits per heavy atom. The van der Waals surface area contributed by atoms with E-state index in [0.29, 0.717) is 0 Å². The molecule has 11 heavy (non-hydrogen) atoms. The summed E-state index contributed by atoms with van der Waals surface area (Å²) in [5, 5.41) is 0. The Bertz CT molecular complexity index is 174. The zero-order chi connectivity index (χ0) is 8.85. The average molecular weight is 161 g/mol. The highest BCUT2D eigenvalue weighted by molar-refractivity contribution is 5.79. The summed E-state index contributed by atoms with van der Waals surface area (Å²) in [4.78, 5) is 11.5. The molecule has 0 rings (SSSR count). The van der Waals surface area contributed by atoms with Gasteiger partial charge in [0.1, 0.15) is 0 Å². The predicted molar refractivity (Wildman–Crippen MR) is 37.1 cm³/mol. The third-order valence-electron chi connectivity index (χ3n) is 1.16. The highest BCUT2D eigenvalue weighted by atomic mass is 19.3. The summed E-state index contributed by atoms with van der Waals surface area (Å²) < 4.78 is 23.5. The Balaban J connectivity index is 4.05. The first-order valence-corrected chi connectivity index (χ1v) is 3.13. The number of nitrogens with zero attached hydrogens (tertiary/aromatic N) is 1. The van der Waals surface area contributed by atoms with E-state index >= 15 is 0 Å². The minimum Gasteiger partial charge on any atom is -0.327 e. The molecule has 0 aromatic carbocycles. The van der Waals surface area contributed by atoms with Gasteiger partial charge in [0.05, 0.1) is 6.54 Å². The van der Waals surface area contributed by atoms with Gasteiger partial charge in [-0.25, -0.2) is 0 Å². The quantitative estimate of drug-likeness (QED) is 0.559. The molecule has 0 heterocycles. The third kappa shape index (κ3) is 2.99. The van der Waals surface area contributed by atoms with Gasteiger partial charge in [-0.2, -0.15) is 8.78 Å². The summed E-state index contributed by atoms with van der Waals surface area (Å²) in [7, 11) is 0. The highest BCUT2D eigenvalue weighted by Crippen LogP contribution is 1.99. The monoisotopic (exact) mass is 161 g/mol. The van der Waals surface area contributed by atoms with Crippen molar-refractivity contribution in [2.75, 3.05) is 13.1 Å². The van der Waals surface area contributed by atoms with Crippen LogP contribution < -0.4 is 0 Å². The maximum Gasteiger partial charge on any atom is 0.315 e. The van der Waals surface area contributed by atoms with Crippen LogP contribution in [0.2, 0.25) is 0 Å². The van der Waals surface area contributed by atoms with E-state index in [4.69, 9.17) is 6.42 Å². The van der Waals surface area contributed by atoms with Crippen LogP contribution in [0.15, 0.2) is 0 Å². The number of terminal acetylenes is 1. The van der Waals surface area contributed by atoms with Gasteiger partial charge < -0.3 is 4.90 Å². The van der Waals surface area contributed by atoms with Crippen LogP contribution >= 0.6 is 0 Å².